The zero-order valence-electron chi connectivity index (χ0n) is 18.2. The van der Waals surface area contributed by atoms with Gasteiger partial charge >= 0.3 is 0 Å². The van der Waals surface area contributed by atoms with Gasteiger partial charge in [0.2, 0.25) is 10.0 Å². The lowest BCUT2D eigenvalue weighted by Gasteiger charge is -2.11. The number of carbonyl (C=O) groups is 1. The molecule has 0 N–H and O–H groups in total. The first-order chi connectivity index (χ1) is 15.9. The van der Waals surface area contributed by atoms with E-state index in [1.54, 1.807) is 35.3 Å². The fourth-order valence-corrected chi connectivity index (χ4v) is 4.19. The van der Waals surface area contributed by atoms with Gasteiger partial charge in [-0.05, 0) is 48.6 Å². The van der Waals surface area contributed by atoms with Crippen molar-refractivity contribution in [3.63, 3.8) is 0 Å². The number of carbonyl (C=O) groups excluding carboxylic acids is 1. The van der Waals surface area contributed by atoms with Gasteiger partial charge in [0, 0.05) is 49.4 Å². The van der Waals surface area contributed by atoms with Crippen LogP contribution in [-0.2, 0) is 10.0 Å². The first-order valence-corrected chi connectivity index (χ1v) is 11.6. The molecule has 0 fully saturated rings. The maximum absolute atomic E-state index is 12.9. The van der Waals surface area contributed by atoms with Crippen LogP contribution >= 0.6 is 0 Å². The lowest BCUT2D eigenvalue weighted by atomic mass is 10.1. The Bertz CT molecular complexity index is 1410. The topological polar surface area (TPSA) is 85.2 Å². The van der Waals surface area contributed by atoms with Crippen LogP contribution in [-0.4, -0.2) is 47.4 Å². The van der Waals surface area contributed by atoms with Crippen molar-refractivity contribution in [1.29, 1.82) is 0 Å². The molecule has 4 rings (SSSR count). The van der Waals surface area contributed by atoms with Gasteiger partial charge in [0.1, 0.15) is 5.69 Å². The van der Waals surface area contributed by atoms with E-state index in [2.05, 4.69) is 4.98 Å². The molecule has 0 unspecified atom stereocenters. The lowest BCUT2D eigenvalue weighted by molar-refractivity contribution is 0.104. The summed E-state index contributed by atoms with van der Waals surface area (Å²) >= 11 is 0. The minimum Gasteiger partial charge on any atom is -0.289 e. The van der Waals surface area contributed by atoms with Crippen molar-refractivity contribution >= 4 is 21.9 Å². The van der Waals surface area contributed by atoms with E-state index < -0.39 is 10.0 Å². The average molecular weight is 459 g/mol. The van der Waals surface area contributed by atoms with Crippen LogP contribution in [0.25, 0.3) is 23.0 Å². The Labute approximate surface area is 192 Å². The number of pyridine rings is 1. The highest BCUT2D eigenvalue weighted by Gasteiger charge is 2.18. The third kappa shape index (κ3) is 4.82. The zero-order valence-corrected chi connectivity index (χ0v) is 19.0. The first kappa shape index (κ1) is 22.3. The van der Waals surface area contributed by atoms with Crippen LogP contribution in [0.5, 0.6) is 0 Å². The van der Waals surface area contributed by atoms with Crippen molar-refractivity contribution < 1.29 is 13.2 Å². The quantitative estimate of drug-likeness (QED) is 0.308. The summed E-state index contributed by atoms with van der Waals surface area (Å²) in [5.41, 5.74) is 3.49. The molecular formula is C25H22N4O3S. The Morgan fingerprint density at radius 3 is 2.39 bits per heavy atom. The van der Waals surface area contributed by atoms with Crippen LogP contribution in [0.2, 0.25) is 0 Å². The second kappa shape index (κ2) is 9.32. The highest BCUT2D eigenvalue weighted by atomic mass is 32.2. The van der Waals surface area contributed by atoms with Crippen LogP contribution in [0, 0.1) is 0 Å². The fraction of sp³-hybridized carbons (Fsp3) is 0.0800. The second-order valence-corrected chi connectivity index (χ2v) is 9.61. The monoisotopic (exact) mass is 458 g/mol. The number of hydrogen-bond acceptors (Lipinski definition) is 5. The van der Waals surface area contributed by atoms with E-state index >= 15 is 0 Å². The number of sulfonamides is 1. The van der Waals surface area contributed by atoms with Crippen LogP contribution < -0.4 is 0 Å². The average Bonchev–Trinajstić information content (AvgIpc) is 3.28. The van der Waals surface area contributed by atoms with Gasteiger partial charge in [-0.2, -0.15) is 5.10 Å². The fourth-order valence-electron chi connectivity index (χ4n) is 3.24. The molecule has 33 heavy (non-hydrogen) atoms. The summed E-state index contributed by atoms with van der Waals surface area (Å²) in [7, 11) is -0.726. The third-order valence-electron chi connectivity index (χ3n) is 5.03. The number of hydrogen-bond donors (Lipinski definition) is 0. The number of aromatic nitrogens is 3. The molecular weight excluding hydrogens is 436 g/mol. The minimum absolute atomic E-state index is 0.0705. The van der Waals surface area contributed by atoms with E-state index in [1.165, 1.54) is 32.3 Å². The van der Waals surface area contributed by atoms with Gasteiger partial charge in [0.15, 0.2) is 5.78 Å². The van der Waals surface area contributed by atoms with Crippen molar-refractivity contribution in [2.24, 2.45) is 0 Å². The molecule has 2 heterocycles. The first-order valence-electron chi connectivity index (χ1n) is 10.2. The smallest absolute Gasteiger partial charge is 0.242 e. The van der Waals surface area contributed by atoms with Crippen LogP contribution in [0.3, 0.4) is 0 Å². The number of ketones is 1. The molecule has 0 aliphatic carbocycles. The predicted molar refractivity (Wildman–Crippen MR) is 127 cm³/mol. The molecule has 166 valence electrons. The van der Waals surface area contributed by atoms with E-state index in [0.29, 0.717) is 5.69 Å². The molecule has 0 bridgehead atoms. The molecule has 0 radical (unpaired) electrons. The summed E-state index contributed by atoms with van der Waals surface area (Å²) in [6.45, 7) is 0. The Kier molecular flexibility index (Phi) is 6.30. The molecule has 8 heteroatoms. The Hall–Kier alpha value is -3.88. The summed E-state index contributed by atoms with van der Waals surface area (Å²) in [6, 6.07) is 19.4. The molecule has 0 spiro atoms. The van der Waals surface area contributed by atoms with Gasteiger partial charge in [-0.3, -0.25) is 9.78 Å². The molecule has 0 aliphatic heterocycles. The number of para-hydroxylation sites is 1. The van der Waals surface area contributed by atoms with E-state index in [1.807, 2.05) is 48.7 Å². The van der Waals surface area contributed by atoms with Crippen molar-refractivity contribution in [1.82, 2.24) is 19.1 Å². The summed E-state index contributed by atoms with van der Waals surface area (Å²) in [5.74, 6) is -0.307. The number of rotatable bonds is 7. The summed E-state index contributed by atoms with van der Waals surface area (Å²) in [4.78, 5) is 17.0. The number of allylic oxidation sites excluding steroid dienone is 1. The SMILES string of the molecule is CN(C)S(=O)(=O)c1cccc(C(=O)C=Cc2cn(-c3ccccc3)nc2-c2ccncc2)c1. The van der Waals surface area contributed by atoms with Crippen molar-refractivity contribution in [2.75, 3.05) is 14.1 Å². The van der Waals surface area contributed by atoms with E-state index in [9.17, 15) is 13.2 Å². The van der Waals surface area contributed by atoms with Gasteiger partial charge in [-0.15, -0.1) is 0 Å². The molecule has 2 aromatic carbocycles. The Morgan fingerprint density at radius 2 is 1.70 bits per heavy atom. The van der Waals surface area contributed by atoms with Crippen molar-refractivity contribution in [3.05, 3.63) is 103 Å². The molecule has 7 nitrogen and oxygen atoms in total. The lowest BCUT2D eigenvalue weighted by Crippen LogP contribution is -2.22. The highest BCUT2D eigenvalue weighted by molar-refractivity contribution is 7.89. The number of benzene rings is 2. The highest BCUT2D eigenvalue weighted by Crippen LogP contribution is 2.25. The molecule has 0 aliphatic rings. The zero-order chi connectivity index (χ0) is 23.4. The van der Waals surface area contributed by atoms with Crippen LogP contribution in [0.15, 0.2) is 96.3 Å². The predicted octanol–water partition coefficient (Wildman–Crippen LogP) is 4.08. The summed E-state index contributed by atoms with van der Waals surface area (Å²) < 4.78 is 27.7. The van der Waals surface area contributed by atoms with Crippen LogP contribution in [0.4, 0.5) is 0 Å². The normalized spacial score (nSPS) is 11.8. The van der Waals surface area contributed by atoms with Gasteiger partial charge < -0.3 is 0 Å². The standard InChI is InChI=1S/C25H22N4O3S/c1-28(2)33(31,32)23-10-6-7-20(17-23)24(30)12-11-21-18-29(22-8-4-3-5-9-22)27-25(21)19-13-15-26-16-14-19/h3-18H,1-2H3. The Balaban J connectivity index is 1.70. The molecule has 4 aromatic rings. The third-order valence-corrected chi connectivity index (χ3v) is 6.84. The van der Waals surface area contributed by atoms with Gasteiger partial charge in [-0.1, -0.05) is 30.3 Å². The van der Waals surface area contributed by atoms with Crippen molar-refractivity contribution in [3.8, 4) is 16.9 Å². The van der Waals surface area contributed by atoms with Gasteiger partial charge in [-0.25, -0.2) is 17.4 Å². The molecule has 0 saturated heterocycles. The number of nitrogens with zero attached hydrogens (tertiary/aromatic N) is 4. The largest absolute Gasteiger partial charge is 0.289 e. The maximum atomic E-state index is 12.9. The van der Waals surface area contributed by atoms with Crippen LogP contribution in [0.1, 0.15) is 15.9 Å². The van der Waals surface area contributed by atoms with E-state index in [0.717, 1.165) is 21.1 Å². The van der Waals surface area contributed by atoms with Gasteiger partial charge in [0.05, 0.1) is 10.6 Å². The van der Waals surface area contributed by atoms with E-state index in [-0.39, 0.29) is 16.2 Å². The minimum atomic E-state index is -3.63. The molecule has 0 atom stereocenters. The molecule has 2 aromatic heterocycles. The maximum Gasteiger partial charge on any atom is 0.242 e. The molecule has 0 amide bonds. The summed E-state index contributed by atoms with van der Waals surface area (Å²) in [5, 5.41) is 4.71. The van der Waals surface area contributed by atoms with Crippen molar-refractivity contribution in [2.45, 2.75) is 4.90 Å². The van der Waals surface area contributed by atoms with E-state index in [4.69, 9.17) is 5.10 Å². The second-order valence-electron chi connectivity index (χ2n) is 7.46. The summed E-state index contributed by atoms with van der Waals surface area (Å²) in [6.07, 6.45) is 8.34. The molecule has 0 saturated carbocycles. The Morgan fingerprint density at radius 1 is 0.970 bits per heavy atom. The van der Waals surface area contributed by atoms with Gasteiger partial charge in [0.25, 0.3) is 0 Å².